The molecule has 2 atom stereocenters. The molecule has 0 saturated carbocycles. The number of carboxylic acid groups (broad SMARTS) is 1. The first-order valence-electron chi connectivity index (χ1n) is 6.84. The molecule has 1 aliphatic rings. The van der Waals surface area contributed by atoms with E-state index in [1.807, 2.05) is 6.92 Å². The summed E-state index contributed by atoms with van der Waals surface area (Å²) in [5.41, 5.74) is 7.00. The summed E-state index contributed by atoms with van der Waals surface area (Å²) in [6.45, 7) is 5.83. The SMILES string of the molecule is C=CCC1CN(C(=O)OCCCC)CC1(N=[N+]=[N-])C(=O)O. The van der Waals surface area contributed by atoms with Crippen molar-refractivity contribution >= 4 is 12.1 Å². The van der Waals surface area contributed by atoms with Crippen molar-refractivity contribution in [2.45, 2.75) is 31.7 Å². The molecule has 0 aromatic heterocycles. The minimum atomic E-state index is -1.66. The number of carboxylic acids is 1. The quantitative estimate of drug-likeness (QED) is 0.255. The fourth-order valence-corrected chi connectivity index (χ4v) is 2.38. The highest BCUT2D eigenvalue weighted by atomic mass is 16.6. The molecular formula is C13H20N4O4. The van der Waals surface area contributed by atoms with E-state index in [-0.39, 0.29) is 13.1 Å². The first-order valence-corrected chi connectivity index (χ1v) is 6.84. The molecule has 1 amide bonds. The van der Waals surface area contributed by atoms with Crippen LogP contribution in [0.1, 0.15) is 26.2 Å². The number of ether oxygens (including phenoxy) is 1. The molecule has 116 valence electrons. The van der Waals surface area contributed by atoms with E-state index in [9.17, 15) is 14.7 Å². The molecule has 8 nitrogen and oxygen atoms in total. The fourth-order valence-electron chi connectivity index (χ4n) is 2.38. The number of carbonyl (C=O) groups is 2. The van der Waals surface area contributed by atoms with Crippen LogP contribution in [0.4, 0.5) is 4.79 Å². The Morgan fingerprint density at radius 1 is 1.67 bits per heavy atom. The molecule has 1 saturated heterocycles. The normalized spacial score (nSPS) is 24.2. The van der Waals surface area contributed by atoms with E-state index in [1.54, 1.807) is 6.08 Å². The van der Waals surface area contributed by atoms with Gasteiger partial charge in [-0.2, -0.15) is 0 Å². The Morgan fingerprint density at radius 3 is 2.90 bits per heavy atom. The monoisotopic (exact) mass is 296 g/mol. The van der Waals surface area contributed by atoms with Gasteiger partial charge in [0.05, 0.1) is 6.61 Å². The minimum Gasteiger partial charge on any atom is -0.481 e. The molecule has 0 radical (unpaired) electrons. The Bertz CT molecular complexity index is 457. The number of rotatable bonds is 7. The number of amides is 1. The highest BCUT2D eigenvalue weighted by Crippen LogP contribution is 2.35. The molecule has 0 bridgehead atoms. The summed E-state index contributed by atoms with van der Waals surface area (Å²) in [4.78, 5) is 27.4. The summed E-state index contributed by atoms with van der Waals surface area (Å²) in [7, 11) is 0. The van der Waals surface area contributed by atoms with Crippen molar-refractivity contribution in [1.82, 2.24) is 4.90 Å². The molecule has 2 unspecified atom stereocenters. The van der Waals surface area contributed by atoms with Gasteiger partial charge in [0.15, 0.2) is 5.54 Å². The van der Waals surface area contributed by atoms with Crippen molar-refractivity contribution in [3.63, 3.8) is 0 Å². The number of unbranched alkanes of at least 4 members (excludes halogenated alkanes) is 1. The number of allylic oxidation sites excluding steroid dienone is 1. The molecular weight excluding hydrogens is 276 g/mol. The van der Waals surface area contributed by atoms with Gasteiger partial charge in [-0.25, -0.2) is 4.79 Å². The molecule has 1 fully saturated rings. The number of hydrogen-bond acceptors (Lipinski definition) is 4. The first-order chi connectivity index (χ1) is 10.0. The van der Waals surface area contributed by atoms with Crippen molar-refractivity contribution in [2.24, 2.45) is 11.0 Å². The summed E-state index contributed by atoms with van der Waals surface area (Å²) in [5, 5.41) is 12.9. The number of azide groups is 1. The van der Waals surface area contributed by atoms with E-state index in [0.717, 1.165) is 12.8 Å². The first kappa shape index (κ1) is 16.8. The number of likely N-dealkylation sites (tertiary alicyclic amines) is 1. The highest BCUT2D eigenvalue weighted by Gasteiger charge is 2.53. The lowest BCUT2D eigenvalue weighted by molar-refractivity contribution is -0.144. The third kappa shape index (κ3) is 3.66. The summed E-state index contributed by atoms with van der Waals surface area (Å²) in [5.74, 6) is -1.75. The van der Waals surface area contributed by atoms with Crippen LogP contribution in [0.25, 0.3) is 10.4 Å². The molecule has 0 spiro atoms. The van der Waals surface area contributed by atoms with Crippen LogP contribution in [0.15, 0.2) is 17.8 Å². The van der Waals surface area contributed by atoms with E-state index in [0.29, 0.717) is 13.0 Å². The lowest BCUT2D eigenvalue weighted by Crippen LogP contribution is -2.44. The Morgan fingerprint density at radius 2 is 2.38 bits per heavy atom. The van der Waals surface area contributed by atoms with Gasteiger partial charge in [-0.15, -0.1) is 6.58 Å². The topological polar surface area (TPSA) is 116 Å². The maximum atomic E-state index is 11.9. The number of aliphatic carboxylic acids is 1. The van der Waals surface area contributed by atoms with Crippen molar-refractivity contribution in [2.75, 3.05) is 19.7 Å². The van der Waals surface area contributed by atoms with Gasteiger partial charge in [0.2, 0.25) is 0 Å². The van der Waals surface area contributed by atoms with Gasteiger partial charge in [-0.05, 0) is 18.4 Å². The summed E-state index contributed by atoms with van der Waals surface area (Å²) < 4.78 is 5.08. The van der Waals surface area contributed by atoms with E-state index in [4.69, 9.17) is 10.3 Å². The zero-order valence-corrected chi connectivity index (χ0v) is 12.1. The maximum Gasteiger partial charge on any atom is 0.409 e. The van der Waals surface area contributed by atoms with E-state index in [2.05, 4.69) is 16.6 Å². The van der Waals surface area contributed by atoms with Crippen molar-refractivity contribution in [3.8, 4) is 0 Å². The van der Waals surface area contributed by atoms with Crippen LogP contribution < -0.4 is 0 Å². The van der Waals surface area contributed by atoms with Crippen molar-refractivity contribution in [1.29, 1.82) is 0 Å². The average Bonchev–Trinajstić information content (AvgIpc) is 2.80. The largest absolute Gasteiger partial charge is 0.481 e. The molecule has 0 aromatic carbocycles. The van der Waals surface area contributed by atoms with Gasteiger partial charge in [0.1, 0.15) is 0 Å². The van der Waals surface area contributed by atoms with Crippen LogP contribution in [0, 0.1) is 5.92 Å². The Hall–Kier alpha value is -2.21. The van der Waals surface area contributed by atoms with Crippen molar-refractivity contribution in [3.05, 3.63) is 23.1 Å². The van der Waals surface area contributed by atoms with E-state index < -0.39 is 23.5 Å². The molecule has 8 heteroatoms. The molecule has 0 aliphatic carbocycles. The molecule has 1 aliphatic heterocycles. The summed E-state index contributed by atoms with van der Waals surface area (Å²) >= 11 is 0. The second kappa shape index (κ2) is 7.54. The van der Waals surface area contributed by atoms with E-state index >= 15 is 0 Å². The zero-order valence-electron chi connectivity index (χ0n) is 12.1. The Labute approximate surface area is 123 Å². The summed E-state index contributed by atoms with van der Waals surface area (Å²) in [6, 6.07) is 0. The summed E-state index contributed by atoms with van der Waals surface area (Å²) in [6.07, 6.45) is 2.96. The third-order valence-electron chi connectivity index (χ3n) is 3.57. The van der Waals surface area contributed by atoms with Crippen LogP contribution in [-0.2, 0) is 9.53 Å². The standard InChI is InChI=1S/C13H20N4O4/c1-3-5-7-21-12(20)17-8-10(6-4-2)13(9-17,11(18)19)15-16-14/h4,10H,2-3,5-9H2,1H3,(H,18,19). The van der Waals surface area contributed by atoms with Gasteiger partial charge in [-0.3, -0.25) is 4.79 Å². The van der Waals surface area contributed by atoms with Crippen LogP contribution in [0.2, 0.25) is 0 Å². The number of hydrogen-bond donors (Lipinski definition) is 1. The van der Waals surface area contributed by atoms with Gasteiger partial charge < -0.3 is 14.7 Å². The third-order valence-corrected chi connectivity index (χ3v) is 3.57. The minimum absolute atomic E-state index is 0.169. The molecule has 21 heavy (non-hydrogen) atoms. The Kier molecular flexibility index (Phi) is 6.05. The van der Waals surface area contributed by atoms with E-state index in [1.165, 1.54) is 4.90 Å². The maximum absolute atomic E-state index is 11.9. The van der Waals surface area contributed by atoms with Crippen LogP contribution >= 0.6 is 0 Å². The average molecular weight is 296 g/mol. The van der Waals surface area contributed by atoms with Gasteiger partial charge in [0, 0.05) is 23.9 Å². The molecule has 1 rings (SSSR count). The fraction of sp³-hybridized carbons (Fsp3) is 0.692. The van der Waals surface area contributed by atoms with Crippen LogP contribution in [-0.4, -0.2) is 47.3 Å². The van der Waals surface area contributed by atoms with Gasteiger partial charge in [-0.1, -0.05) is 24.5 Å². The number of carbonyl (C=O) groups excluding carboxylic acids is 1. The zero-order chi connectivity index (χ0) is 15.9. The van der Waals surface area contributed by atoms with Crippen LogP contribution in [0.5, 0.6) is 0 Å². The molecule has 1 N–H and O–H groups in total. The predicted octanol–water partition coefficient (Wildman–Crippen LogP) is 2.56. The van der Waals surface area contributed by atoms with Gasteiger partial charge in [0.25, 0.3) is 0 Å². The van der Waals surface area contributed by atoms with Gasteiger partial charge >= 0.3 is 12.1 Å². The molecule has 1 heterocycles. The molecule has 0 aromatic rings. The second-order valence-electron chi connectivity index (χ2n) is 4.99. The number of nitrogens with zero attached hydrogens (tertiary/aromatic N) is 4. The lowest BCUT2D eigenvalue weighted by Gasteiger charge is -2.23. The highest BCUT2D eigenvalue weighted by molar-refractivity contribution is 5.82. The second-order valence-corrected chi connectivity index (χ2v) is 4.99. The smallest absolute Gasteiger partial charge is 0.409 e. The Balaban J connectivity index is 2.89. The van der Waals surface area contributed by atoms with Crippen LogP contribution in [0.3, 0.4) is 0 Å². The predicted molar refractivity (Wildman–Crippen MR) is 75.6 cm³/mol. The van der Waals surface area contributed by atoms with Crippen molar-refractivity contribution < 1.29 is 19.4 Å². The lowest BCUT2D eigenvalue weighted by atomic mass is 9.85.